The van der Waals surface area contributed by atoms with Gasteiger partial charge in [0.25, 0.3) is 0 Å². The molecule has 1 aliphatic rings. The number of carbonyl (C=O) groups excluding carboxylic acids is 1. The lowest BCUT2D eigenvalue weighted by molar-refractivity contribution is 0.0693. The Labute approximate surface area is 176 Å². The lowest BCUT2D eigenvalue weighted by Crippen LogP contribution is -2.33. The van der Waals surface area contributed by atoms with Crippen LogP contribution in [0.1, 0.15) is 53.6 Å². The van der Waals surface area contributed by atoms with Crippen molar-refractivity contribution in [1.29, 1.82) is 0 Å². The summed E-state index contributed by atoms with van der Waals surface area (Å²) in [6.07, 6.45) is 5.65. The first-order chi connectivity index (χ1) is 14.4. The summed E-state index contributed by atoms with van der Waals surface area (Å²) in [7, 11) is 0. The number of carboxylic acid groups (broad SMARTS) is 1. The Morgan fingerprint density at radius 3 is 2.67 bits per heavy atom. The molecule has 3 rings (SSSR count). The van der Waals surface area contributed by atoms with Gasteiger partial charge in [0.05, 0.1) is 0 Å². The second kappa shape index (κ2) is 9.84. The number of rotatable bonds is 7. The first kappa shape index (κ1) is 21.9. The molecule has 0 saturated heterocycles. The van der Waals surface area contributed by atoms with Gasteiger partial charge in [0.15, 0.2) is 17.2 Å². The number of halogens is 2. The standard InChI is InChI=1S/C20H23F2N3O4S/c1-11-7-8-13(16(22)15(11)21)10-29-17-14(19(26)27)18(30-25-17)24-20(28)23-9-12-5-3-2-4-6-12/h7-8,12H,2-6,9-10H2,1H3,(H,26,27)(H2,23,24,28). The van der Waals surface area contributed by atoms with Crippen LogP contribution in [0.3, 0.4) is 0 Å². The van der Waals surface area contributed by atoms with E-state index in [1.54, 1.807) is 0 Å². The fourth-order valence-corrected chi connectivity index (χ4v) is 4.09. The molecule has 1 aromatic carbocycles. The van der Waals surface area contributed by atoms with Crippen LogP contribution in [0.5, 0.6) is 5.88 Å². The SMILES string of the molecule is Cc1ccc(COc2nsc(NC(=O)NCC3CCCCC3)c2C(=O)O)c(F)c1F. The molecule has 162 valence electrons. The van der Waals surface area contributed by atoms with Crippen molar-refractivity contribution in [1.82, 2.24) is 9.69 Å². The summed E-state index contributed by atoms with van der Waals surface area (Å²) >= 11 is 0.744. The second-order valence-electron chi connectivity index (χ2n) is 7.29. The van der Waals surface area contributed by atoms with E-state index in [-0.39, 0.29) is 27.6 Å². The van der Waals surface area contributed by atoms with E-state index >= 15 is 0 Å². The summed E-state index contributed by atoms with van der Waals surface area (Å²) in [6.45, 7) is 1.55. The van der Waals surface area contributed by atoms with E-state index in [9.17, 15) is 23.5 Å². The highest BCUT2D eigenvalue weighted by Crippen LogP contribution is 2.31. The number of ether oxygens (including phenoxy) is 1. The van der Waals surface area contributed by atoms with Crippen LogP contribution >= 0.6 is 11.5 Å². The number of hydrogen-bond donors (Lipinski definition) is 3. The summed E-state index contributed by atoms with van der Waals surface area (Å²) in [4.78, 5) is 23.8. The topological polar surface area (TPSA) is 101 Å². The van der Waals surface area contributed by atoms with E-state index in [1.807, 2.05) is 0 Å². The first-order valence-electron chi connectivity index (χ1n) is 9.71. The number of aryl methyl sites for hydroxylation is 1. The Morgan fingerprint density at radius 2 is 1.97 bits per heavy atom. The summed E-state index contributed by atoms with van der Waals surface area (Å²) < 4.78 is 36.9. The van der Waals surface area contributed by atoms with Gasteiger partial charge in [-0.15, -0.1) is 0 Å². The van der Waals surface area contributed by atoms with Crippen LogP contribution in [0.4, 0.5) is 18.6 Å². The predicted octanol–water partition coefficient (Wildman–Crippen LogP) is 4.71. The molecule has 1 aromatic heterocycles. The van der Waals surface area contributed by atoms with Crippen molar-refractivity contribution in [2.45, 2.75) is 45.6 Å². The van der Waals surface area contributed by atoms with Crippen LogP contribution in [-0.2, 0) is 6.61 Å². The number of anilines is 1. The molecule has 1 fully saturated rings. The molecule has 0 bridgehead atoms. The number of carboxylic acids is 1. The normalized spacial score (nSPS) is 14.4. The number of nitrogens with zero attached hydrogens (tertiary/aromatic N) is 1. The van der Waals surface area contributed by atoms with E-state index in [1.165, 1.54) is 25.5 Å². The molecule has 0 atom stereocenters. The Hall–Kier alpha value is -2.75. The molecule has 3 N–H and O–H groups in total. The molecule has 30 heavy (non-hydrogen) atoms. The van der Waals surface area contributed by atoms with Gasteiger partial charge >= 0.3 is 12.0 Å². The third-order valence-corrected chi connectivity index (χ3v) is 5.84. The lowest BCUT2D eigenvalue weighted by atomic mass is 9.89. The maximum Gasteiger partial charge on any atom is 0.344 e. The number of urea groups is 1. The second-order valence-corrected chi connectivity index (χ2v) is 8.07. The van der Waals surface area contributed by atoms with Gasteiger partial charge in [0, 0.05) is 12.1 Å². The average molecular weight is 439 g/mol. The Kier molecular flexibility index (Phi) is 7.20. The minimum atomic E-state index is -1.35. The Bertz CT molecular complexity index is 929. The molecule has 2 amide bonds. The fourth-order valence-electron chi connectivity index (χ4n) is 3.37. The largest absolute Gasteiger partial charge is 0.477 e. The van der Waals surface area contributed by atoms with Gasteiger partial charge in [-0.1, -0.05) is 31.4 Å². The van der Waals surface area contributed by atoms with E-state index < -0.39 is 30.2 Å². The Morgan fingerprint density at radius 1 is 1.23 bits per heavy atom. The van der Waals surface area contributed by atoms with Crippen molar-refractivity contribution in [2.75, 3.05) is 11.9 Å². The zero-order chi connectivity index (χ0) is 21.7. The number of aromatic carboxylic acids is 1. The quantitative estimate of drug-likeness (QED) is 0.580. The van der Waals surface area contributed by atoms with Crippen LogP contribution in [0, 0.1) is 24.5 Å². The molecule has 0 spiro atoms. The number of carbonyl (C=O) groups is 2. The van der Waals surface area contributed by atoms with E-state index in [0.717, 1.165) is 37.2 Å². The van der Waals surface area contributed by atoms with Crippen molar-refractivity contribution in [2.24, 2.45) is 5.92 Å². The number of benzene rings is 1. The molecule has 0 aliphatic heterocycles. The van der Waals surface area contributed by atoms with Crippen molar-refractivity contribution >= 4 is 28.5 Å². The van der Waals surface area contributed by atoms with Crippen LogP contribution < -0.4 is 15.4 Å². The van der Waals surface area contributed by atoms with Crippen LogP contribution in [-0.4, -0.2) is 28.0 Å². The Balaban J connectivity index is 1.64. The van der Waals surface area contributed by atoms with Gasteiger partial charge in [0.1, 0.15) is 11.6 Å². The molecular formula is C20H23F2N3O4S. The fraction of sp³-hybridized carbons (Fsp3) is 0.450. The highest BCUT2D eigenvalue weighted by Gasteiger charge is 2.24. The van der Waals surface area contributed by atoms with Crippen molar-refractivity contribution in [3.8, 4) is 5.88 Å². The zero-order valence-electron chi connectivity index (χ0n) is 16.5. The van der Waals surface area contributed by atoms with Gasteiger partial charge in [-0.25, -0.2) is 18.4 Å². The predicted molar refractivity (Wildman–Crippen MR) is 108 cm³/mol. The number of amides is 2. The monoisotopic (exact) mass is 439 g/mol. The van der Waals surface area contributed by atoms with Crippen molar-refractivity contribution in [3.05, 3.63) is 40.5 Å². The lowest BCUT2D eigenvalue weighted by Gasteiger charge is -2.21. The molecule has 10 heteroatoms. The highest BCUT2D eigenvalue weighted by molar-refractivity contribution is 7.11. The molecule has 0 radical (unpaired) electrons. The zero-order valence-corrected chi connectivity index (χ0v) is 17.3. The van der Waals surface area contributed by atoms with E-state index in [2.05, 4.69) is 15.0 Å². The van der Waals surface area contributed by atoms with Crippen LogP contribution in [0.15, 0.2) is 12.1 Å². The molecule has 7 nitrogen and oxygen atoms in total. The summed E-state index contributed by atoms with van der Waals surface area (Å²) in [6, 6.07) is 2.24. The maximum absolute atomic E-state index is 14.0. The average Bonchev–Trinajstić information content (AvgIpc) is 3.13. The first-order valence-corrected chi connectivity index (χ1v) is 10.5. The van der Waals surface area contributed by atoms with Gasteiger partial charge in [-0.3, -0.25) is 5.32 Å². The van der Waals surface area contributed by atoms with Gasteiger partial charge in [-0.05, 0) is 42.8 Å². The van der Waals surface area contributed by atoms with Crippen LogP contribution in [0.2, 0.25) is 0 Å². The van der Waals surface area contributed by atoms with Gasteiger partial charge < -0.3 is 15.2 Å². The number of nitrogens with one attached hydrogen (secondary N) is 2. The number of aromatic nitrogens is 1. The van der Waals surface area contributed by atoms with E-state index in [0.29, 0.717) is 12.5 Å². The number of hydrogen-bond acceptors (Lipinski definition) is 5. The van der Waals surface area contributed by atoms with Crippen molar-refractivity contribution < 1.29 is 28.2 Å². The molecule has 1 heterocycles. The highest BCUT2D eigenvalue weighted by atomic mass is 32.1. The molecule has 1 aliphatic carbocycles. The molecule has 0 unspecified atom stereocenters. The van der Waals surface area contributed by atoms with Gasteiger partial charge in [-0.2, -0.15) is 4.37 Å². The van der Waals surface area contributed by atoms with Crippen LogP contribution in [0.25, 0.3) is 0 Å². The van der Waals surface area contributed by atoms with Gasteiger partial charge in [0.2, 0.25) is 5.88 Å². The minimum Gasteiger partial charge on any atom is -0.477 e. The maximum atomic E-state index is 14.0. The summed E-state index contributed by atoms with van der Waals surface area (Å²) in [5.41, 5.74) is -0.246. The minimum absolute atomic E-state index is 0.00852. The molecule has 1 saturated carbocycles. The summed E-state index contributed by atoms with van der Waals surface area (Å²) in [5, 5.41) is 14.7. The van der Waals surface area contributed by atoms with Crippen molar-refractivity contribution in [3.63, 3.8) is 0 Å². The molecular weight excluding hydrogens is 416 g/mol. The summed E-state index contributed by atoms with van der Waals surface area (Å²) in [5.74, 6) is -3.23. The third kappa shape index (κ3) is 5.24. The smallest absolute Gasteiger partial charge is 0.344 e. The van der Waals surface area contributed by atoms with E-state index in [4.69, 9.17) is 4.74 Å². The molecule has 2 aromatic rings. The third-order valence-electron chi connectivity index (χ3n) is 5.10.